The summed E-state index contributed by atoms with van der Waals surface area (Å²) in [6.45, 7) is 6.32. The number of allylic oxidation sites excluding steroid dienone is 14. The summed E-state index contributed by atoms with van der Waals surface area (Å²) in [4.78, 5) is 37.9. The molecule has 0 radical (unpaired) electrons. The minimum Gasteiger partial charge on any atom is -0.462 e. The van der Waals surface area contributed by atoms with Crippen LogP contribution in [0.25, 0.3) is 0 Å². The summed E-state index contributed by atoms with van der Waals surface area (Å²) >= 11 is 0. The highest BCUT2D eigenvalue weighted by molar-refractivity contribution is 5.71. The number of hydrogen-bond acceptors (Lipinski definition) is 6. The first-order valence-corrected chi connectivity index (χ1v) is 24.6. The molecule has 0 saturated heterocycles. The fraction of sp³-hybridized carbons (Fsp3) is 0.685. The standard InChI is InChI=1S/C54H90O6/c1-4-7-10-13-16-19-22-25-27-30-32-35-38-41-44-47-53(56)59-50-51(49-58-52(55)46-43-40-37-34-31-28-24-21-18-15-12-9-6-3)60-54(57)48-45-42-39-36-33-29-26-23-20-17-14-11-8-5-2/h8-9,11-12,15,17-18,20-21,24,26,28-29,31,51H,4-7,10,13-14,16,19,22-23,25,27,30,32-50H2,1-3H3/b11-8-,12-9-,18-15-,20-17-,24-21-,29-26-,31-28-. The molecule has 0 saturated carbocycles. The maximum Gasteiger partial charge on any atom is 0.306 e. The zero-order valence-electron chi connectivity index (χ0n) is 38.9. The van der Waals surface area contributed by atoms with Crippen molar-refractivity contribution in [1.29, 1.82) is 0 Å². The van der Waals surface area contributed by atoms with Gasteiger partial charge < -0.3 is 14.2 Å². The van der Waals surface area contributed by atoms with Crippen molar-refractivity contribution in [2.45, 2.75) is 226 Å². The third-order valence-corrected chi connectivity index (χ3v) is 10.2. The van der Waals surface area contributed by atoms with E-state index < -0.39 is 6.10 Å². The monoisotopic (exact) mass is 835 g/mol. The first-order chi connectivity index (χ1) is 29.5. The predicted molar refractivity (Wildman–Crippen MR) is 256 cm³/mol. The lowest BCUT2D eigenvalue weighted by molar-refractivity contribution is -0.167. The van der Waals surface area contributed by atoms with Gasteiger partial charge in [0.05, 0.1) is 0 Å². The number of ether oxygens (including phenoxy) is 3. The Kier molecular flexibility index (Phi) is 45.5. The van der Waals surface area contributed by atoms with Crippen molar-refractivity contribution < 1.29 is 28.6 Å². The second-order valence-electron chi connectivity index (χ2n) is 16.1. The molecule has 0 rings (SSSR count). The Labute approximate surface area is 369 Å². The van der Waals surface area contributed by atoms with Gasteiger partial charge in [-0.3, -0.25) is 14.4 Å². The number of unbranched alkanes of at least 4 members (excludes halogenated alkanes) is 21. The normalized spacial score (nSPS) is 12.8. The average Bonchev–Trinajstić information content (AvgIpc) is 3.24. The Bertz CT molecular complexity index is 1190. The molecule has 6 heteroatoms. The number of carbonyl (C=O) groups is 3. The third kappa shape index (κ3) is 45.7. The van der Waals surface area contributed by atoms with Gasteiger partial charge in [0.15, 0.2) is 6.10 Å². The lowest BCUT2D eigenvalue weighted by Crippen LogP contribution is -2.30. The molecule has 0 aromatic carbocycles. The van der Waals surface area contributed by atoms with Gasteiger partial charge in [-0.15, -0.1) is 0 Å². The van der Waals surface area contributed by atoms with Gasteiger partial charge >= 0.3 is 17.9 Å². The summed E-state index contributed by atoms with van der Waals surface area (Å²) in [5, 5.41) is 0. The lowest BCUT2D eigenvalue weighted by Gasteiger charge is -2.18. The van der Waals surface area contributed by atoms with Crippen LogP contribution in [0.2, 0.25) is 0 Å². The van der Waals surface area contributed by atoms with E-state index in [-0.39, 0.29) is 31.1 Å². The average molecular weight is 835 g/mol. The smallest absolute Gasteiger partial charge is 0.306 e. The van der Waals surface area contributed by atoms with Gasteiger partial charge in [0, 0.05) is 19.3 Å². The fourth-order valence-corrected chi connectivity index (χ4v) is 6.58. The Balaban J connectivity index is 4.47. The molecule has 0 fully saturated rings. The van der Waals surface area contributed by atoms with Crippen LogP contribution >= 0.6 is 0 Å². The van der Waals surface area contributed by atoms with Crippen molar-refractivity contribution in [2.75, 3.05) is 13.2 Å². The van der Waals surface area contributed by atoms with E-state index >= 15 is 0 Å². The molecule has 0 N–H and O–H groups in total. The molecule has 1 unspecified atom stereocenters. The van der Waals surface area contributed by atoms with Crippen LogP contribution in [0, 0.1) is 0 Å². The van der Waals surface area contributed by atoms with Gasteiger partial charge in [-0.2, -0.15) is 0 Å². The molecule has 0 amide bonds. The molecule has 0 heterocycles. The van der Waals surface area contributed by atoms with Crippen LogP contribution in [0.4, 0.5) is 0 Å². The van der Waals surface area contributed by atoms with Gasteiger partial charge in [-0.1, -0.05) is 215 Å². The second kappa shape index (κ2) is 48.3. The highest BCUT2D eigenvalue weighted by atomic mass is 16.6. The molecule has 6 nitrogen and oxygen atoms in total. The van der Waals surface area contributed by atoms with E-state index in [2.05, 4.69) is 69.4 Å². The summed E-state index contributed by atoms with van der Waals surface area (Å²) in [5.41, 5.74) is 0. The molecule has 0 aliphatic heterocycles. The Morgan fingerprint density at radius 2 is 0.733 bits per heavy atom. The summed E-state index contributed by atoms with van der Waals surface area (Å²) in [7, 11) is 0. The number of rotatable bonds is 43. The van der Waals surface area contributed by atoms with Crippen molar-refractivity contribution in [3.8, 4) is 0 Å². The molecule has 0 bridgehead atoms. The van der Waals surface area contributed by atoms with Crippen LogP contribution in [-0.4, -0.2) is 37.2 Å². The van der Waals surface area contributed by atoms with Crippen molar-refractivity contribution >= 4 is 17.9 Å². The van der Waals surface area contributed by atoms with E-state index in [1.165, 1.54) is 77.0 Å². The lowest BCUT2D eigenvalue weighted by atomic mass is 10.0. The fourth-order valence-electron chi connectivity index (χ4n) is 6.58. The Morgan fingerprint density at radius 3 is 1.23 bits per heavy atom. The van der Waals surface area contributed by atoms with E-state index in [4.69, 9.17) is 14.2 Å². The van der Waals surface area contributed by atoms with Crippen LogP contribution in [0.1, 0.15) is 220 Å². The molecule has 342 valence electrons. The van der Waals surface area contributed by atoms with Crippen LogP contribution in [0.5, 0.6) is 0 Å². The van der Waals surface area contributed by atoms with Gasteiger partial charge in [-0.05, 0) is 70.6 Å². The van der Waals surface area contributed by atoms with E-state index in [1.54, 1.807) is 0 Å². The minimum atomic E-state index is -0.802. The zero-order chi connectivity index (χ0) is 43.7. The van der Waals surface area contributed by atoms with Crippen LogP contribution in [-0.2, 0) is 28.6 Å². The van der Waals surface area contributed by atoms with E-state index in [9.17, 15) is 14.4 Å². The highest BCUT2D eigenvalue weighted by Gasteiger charge is 2.19. The molecule has 1 atom stereocenters. The van der Waals surface area contributed by atoms with Gasteiger partial charge in [0.1, 0.15) is 13.2 Å². The summed E-state index contributed by atoms with van der Waals surface area (Å²) in [6, 6.07) is 0. The SMILES string of the molecule is CC\C=C/C=C\C=C/C=C\CCCCCC(=O)OCC(COC(=O)CCCCCCCCCCCCCCCCC)OC(=O)CCCCCC/C=C\C/C=C\C/C=C\CC. The Morgan fingerprint density at radius 1 is 0.367 bits per heavy atom. The van der Waals surface area contributed by atoms with Crippen molar-refractivity contribution in [1.82, 2.24) is 0 Å². The van der Waals surface area contributed by atoms with Gasteiger partial charge in [-0.25, -0.2) is 0 Å². The molecular formula is C54H90O6. The molecule has 0 spiro atoms. The van der Waals surface area contributed by atoms with Crippen molar-refractivity contribution in [3.05, 3.63) is 85.1 Å². The molecule has 0 aliphatic rings. The van der Waals surface area contributed by atoms with Crippen LogP contribution in [0.3, 0.4) is 0 Å². The van der Waals surface area contributed by atoms with Gasteiger partial charge in [0.2, 0.25) is 0 Å². The van der Waals surface area contributed by atoms with Gasteiger partial charge in [0.25, 0.3) is 0 Å². The predicted octanol–water partition coefficient (Wildman–Crippen LogP) is 16.0. The van der Waals surface area contributed by atoms with Crippen LogP contribution in [0.15, 0.2) is 85.1 Å². The topological polar surface area (TPSA) is 78.9 Å². The minimum absolute atomic E-state index is 0.0976. The van der Waals surface area contributed by atoms with E-state index in [0.717, 1.165) is 103 Å². The van der Waals surface area contributed by atoms with Crippen LogP contribution < -0.4 is 0 Å². The quantitative estimate of drug-likeness (QED) is 0.0200. The molecular weight excluding hydrogens is 745 g/mol. The Hall–Kier alpha value is -3.41. The summed E-state index contributed by atoms with van der Waals surface area (Å²) in [5.74, 6) is -0.963. The van der Waals surface area contributed by atoms with Crippen molar-refractivity contribution in [3.63, 3.8) is 0 Å². The molecule has 60 heavy (non-hydrogen) atoms. The summed E-state index contributed by atoms with van der Waals surface area (Å²) in [6.07, 6.45) is 61.4. The molecule has 0 aliphatic carbocycles. The third-order valence-electron chi connectivity index (χ3n) is 10.2. The molecule has 0 aromatic rings. The maximum atomic E-state index is 12.8. The van der Waals surface area contributed by atoms with Crippen molar-refractivity contribution in [2.24, 2.45) is 0 Å². The highest BCUT2D eigenvalue weighted by Crippen LogP contribution is 2.15. The molecule has 0 aromatic heterocycles. The first-order valence-electron chi connectivity index (χ1n) is 24.6. The number of esters is 3. The summed E-state index contributed by atoms with van der Waals surface area (Å²) < 4.78 is 16.7. The largest absolute Gasteiger partial charge is 0.462 e. The number of carbonyl (C=O) groups excluding carboxylic acids is 3. The second-order valence-corrected chi connectivity index (χ2v) is 16.1. The first kappa shape index (κ1) is 56.6. The van der Waals surface area contributed by atoms with E-state index in [1.807, 2.05) is 36.5 Å². The number of hydrogen-bond donors (Lipinski definition) is 0. The zero-order valence-corrected chi connectivity index (χ0v) is 38.9. The van der Waals surface area contributed by atoms with E-state index in [0.29, 0.717) is 19.3 Å². The maximum absolute atomic E-state index is 12.8.